The summed E-state index contributed by atoms with van der Waals surface area (Å²) in [6.07, 6.45) is -0.0302. The summed E-state index contributed by atoms with van der Waals surface area (Å²) in [5, 5.41) is 8.93. The number of aromatic nitrogens is 1. The van der Waals surface area contributed by atoms with E-state index in [0.717, 1.165) is 0 Å². The first kappa shape index (κ1) is 25.8. The van der Waals surface area contributed by atoms with Gasteiger partial charge >= 0.3 is 0 Å². The number of rotatable bonds is 11. The maximum Gasteiger partial charge on any atom is 0.184 e. The lowest BCUT2D eigenvalue weighted by molar-refractivity contribution is 0.0859. The van der Waals surface area contributed by atoms with Crippen LogP contribution in [0.3, 0.4) is 0 Å². The topological polar surface area (TPSA) is 95.0 Å². The first-order chi connectivity index (χ1) is 16.8. The Morgan fingerprint density at radius 3 is 2.37 bits per heavy atom. The first-order valence-electron chi connectivity index (χ1n) is 11.1. The van der Waals surface area contributed by atoms with Crippen molar-refractivity contribution in [2.24, 2.45) is 5.92 Å². The Morgan fingerprint density at radius 2 is 1.71 bits per heavy atom. The second kappa shape index (κ2) is 11.6. The number of hydrogen-bond donors (Lipinski definition) is 1. The van der Waals surface area contributed by atoms with Gasteiger partial charge in [0, 0.05) is 23.5 Å². The van der Waals surface area contributed by atoms with E-state index in [1.54, 1.807) is 56.3 Å². The summed E-state index contributed by atoms with van der Waals surface area (Å²) < 4.78 is 29.8. The van der Waals surface area contributed by atoms with E-state index in [-0.39, 0.29) is 42.7 Å². The smallest absolute Gasteiger partial charge is 0.184 e. The number of methoxy groups -OCH3 is 2. The van der Waals surface area contributed by atoms with E-state index in [1.807, 2.05) is 0 Å². The molecule has 0 saturated carbocycles. The van der Waals surface area contributed by atoms with Crippen molar-refractivity contribution in [1.82, 2.24) is 4.98 Å². The Morgan fingerprint density at radius 1 is 1.00 bits per heavy atom. The third-order valence-corrected chi connectivity index (χ3v) is 5.54. The number of benzene rings is 2. The van der Waals surface area contributed by atoms with Crippen LogP contribution < -0.4 is 14.2 Å². The summed E-state index contributed by atoms with van der Waals surface area (Å²) in [5.74, 6) is -0.282. The SMILES string of the molecule is COc1cc(C(=O)C[C@H](C)C(=O)c2ccc(OC)c(-c3ccc(F)c(C)c3)n2)ccc1OCCO. The zero-order valence-electron chi connectivity index (χ0n) is 20.1. The minimum absolute atomic E-state index is 0.0302. The van der Waals surface area contributed by atoms with Gasteiger partial charge in [0.05, 0.1) is 20.8 Å². The third-order valence-electron chi connectivity index (χ3n) is 5.54. The van der Waals surface area contributed by atoms with E-state index in [2.05, 4.69) is 4.98 Å². The Bertz CT molecular complexity index is 1230. The van der Waals surface area contributed by atoms with Gasteiger partial charge in [-0.2, -0.15) is 0 Å². The average molecular weight is 482 g/mol. The molecule has 35 heavy (non-hydrogen) atoms. The van der Waals surface area contributed by atoms with Gasteiger partial charge in [0.2, 0.25) is 0 Å². The predicted octanol–water partition coefficient (Wildman–Crippen LogP) is 4.68. The molecule has 3 rings (SSSR count). The molecule has 7 nitrogen and oxygen atoms in total. The molecule has 2 aromatic carbocycles. The maximum atomic E-state index is 13.7. The molecule has 1 N–H and O–H groups in total. The fourth-order valence-electron chi connectivity index (χ4n) is 3.60. The number of hydrogen-bond acceptors (Lipinski definition) is 7. The van der Waals surface area contributed by atoms with Gasteiger partial charge in [0.25, 0.3) is 0 Å². The highest BCUT2D eigenvalue weighted by molar-refractivity contribution is 6.03. The van der Waals surface area contributed by atoms with Crippen LogP contribution in [0.25, 0.3) is 11.3 Å². The zero-order valence-corrected chi connectivity index (χ0v) is 20.1. The number of ether oxygens (including phenoxy) is 3. The van der Waals surface area contributed by atoms with Gasteiger partial charge in [-0.1, -0.05) is 6.92 Å². The highest BCUT2D eigenvalue weighted by atomic mass is 19.1. The molecule has 184 valence electrons. The molecule has 0 aliphatic rings. The average Bonchev–Trinajstić information content (AvgIpc) is 2.87. The lowest BCUT2D eigenvalue weighted by atomic mass is 9.94. The number of Topliss-reactive ketones (excluding diaryl/α,β-unsaturated/α-hetero) is 2. The van der Waals surface area contributed by atoms with E-state index in [9.17, 15) is 14.0 Å². The molecule has 0 aliphatic heterocycles. The van der Waals surface area contributed by atoms with Crippen molar-refractivity contribution in [2.75, 3.05) is 27.4 Å². The molecule has 0 bridgehead atoms. The molecule has 0 aliphatic carbocycles. The highest BCUT2D eigenvalue weighted by Gasteiger charge is 2.23. The molecule has 0 saturated heterocycles. The second-order valence-electron chi connectivity index (χ2n) is 8.04. The Balaban J connectivity index is 1.80. The summed E-state index contributed by atoms with van der Waals surface area (Å²) in [6, 6.07) is 12.5. The minimum atomic E-state index is -0.637. The number of aryl methyl sites for hydroxylation is 1. The number of carbonyl (C=O) groups excluding carboxylic acids is 2. The number of halogens is 1. The van der Waals surface area contributed by atoms with Gasteiger partial charge in [0.1, 0.15) is 29.6 Å². The minimum Gasteiger partial charge on any atom is -0.494 e. The molecule has 0 radical (unpaired) electrons. The quantitative estimate of drug-likeness (QED) is 0.398. The predicted molar refractivity (Wildman–Crippen MR) is 129 cm³/mol. The molecule has 0 unspecified atom stereocenters. The Hall–Kier alpha value is -3.78. The highest BCUT2D eigenvalue weighted by Crippen LogP contribution is 2.31. The van der Waals surface area contributed by atoms with Gasteiger partial charge < -0.3 is 19.3 Å². The number of ketones is 2. The van der Waals surface area contributed by atoms with Crippen LogP contribution in [0.1, 0.15) is 39.8 Å². The van der Waals surface area contributed by atoms with Crippen LogP contribution in [0.2, 0.25) is 0 Å². The standard InChI is InChI=1S/C27H28FNO6/c1-16-13-19(5-7-20(16)28)26-24(33-3)10-8-21(29-26)27(32)17(2)14-22(31)18-6-9-23(35-12-11-30)25(15-18)34-4/h5-10,13,15,17,30H,11-12,14H2,1-4H3/t17-/m0/s1. The fraction of sp³-hybridized carbons (Fsp3) is 0.296. The molecule has 1 atom stereocenters. The first-order valence-corrected chi connectivity index (χ1v) is 11.1. The van der Waals surface area contributed by atoms with Gasteiger partial charge in [-0.25, -0.2) is 9.37 Å². The van der Waals surface area contributed by atoms with E-state index in [0.29, 0.717) is 39.6 Å². The van der Waals surface area contributed by atoms with Crippen molar-refractivity contribution in [3.8, 4) is 28.5 Å². The monoisotopic (exact) mass is 481 g/mol. The molecule has 0 amide bonds. The van der Waals surface area contributed by atoms with Crippen LogP contribution in [0, 0.1) is 18.7 Å². The van der Waals surface area contributed by atoms with Gasteiger partial charge in [-0.05, 0) is 61.0 Å². The van der Waals surface area contributed by atoms with E-state index >= 15 is 0 Å². The summed E-state index contributed by atoms with van der Waals surface area (Å²) in [6.45, 7) is 3.27. The molecule has 0 fully saturated rings. The summed E-state index contributed by atoms with van der Waals surface area (Å²) in [5.41, 5.74) is 2.06. The van der Waals surface area contributed by atoms with Crippen LogP contribution in [-0.4, -0.2) is 49.1 Å². The number of carbonyl (C=O) groups is 2. The van der Waals surface area contributed by atoms with Crippen LogP contribution in [0.15, 0.2) is 48.5 Å². The van der Waals surface area contributed by atoms with Gasteiger partial charge in [-0.15, -0.1) is 0 Å². The number of nitrogens with zero attached hydrogens (tertiary/aromatic N) is 1. The lowest BCUT2D eigenvalue weighted by Crippen LogP contribution is -2.17. The summed E-state index contributed by atoms with van der Waals surface area (Å²) in [7, 11) is 2.95. The molecule has 8 heteroatoms. The van der Waals surface area contributed by atoms with Crippen LogP contribution in [0.5, 0.6) is 17.2 Å². The van der Waals surface area contributed by atoms with Crippen LogP contribution in [-0.2, 0) is 0 Å². The molecular weight excluding hydrogens is 453 g/mol. The molecular formula is C27H28FNO6. The largest absolute Gasteiger partial charge is 0.494 e. The second-order valence-corrected chi connectivity index (χ2v) is 8.04. The number of aliphatic hydroxyl groups is 1. The van der Waals surface area contributed by atoms with E-state index in [4.69, 9.17) is 19.3 Å². The normalized spacial score (nSPS) is 11.6. The van der Waals surface area contributed by atoms with Gasteiger partial charge in [-0.3, -0.25) is 9.59 Å². The Labute approximate surface area is 203 Å². The van der Waals surface area contributed by atoms with Crippen molar-refractivity contribution >= 4 is 11.6 Å². The number of aliphatic hydroxyl groups excluding tert-OH is 1. The van der Waals surface area contributed by atoms with Crippen molar-refractivity contribution in [1.29, 1.82) is 0 Å². The van der Waals surface area contributed by atoms with Crippen molar-refractivity contribution in [3.63, 3.8) is 0 Å². The number of pyridine rings is 1. The van der Waals surface area contributed by atoms with Crippen molar-refractivity contribution in [3.05, 3.63) is 71.2 Å². The van der Waals surface area contributed by atoms with Crippen molar-refractivity contribution in [2.45, 2.75) is 20.3 Å². The zero-order chi connectivity index (χ0) is 25.5. The van der Waals surface area contributed by atoms with Crippen LogP contribution in [0.4, 0.5) is 4.39 Å². The summed E-state index contributed by atoms with van der Waals surface area (Å²) in [4.78, 5) is 30.5. The lowest BCUT2D eigenvalue weighted by Gasteiger charge is -2.14. The van der Waals surface area contributed by atoms with E-state index in [1.165, 1.54) is 20.3 Å². The third kappa shape index (κ3) is 6.02. The summed E-state index contributed by atoms with van der Waals surface area (Å²) >= 11 is 0. The maximum absolute atomic E-state index is 13.7. The van der Waals surface area contributed by atoms with E-state index < -0.39 is 5.92 Å². The molecule has 1 aromatic heterocycles. The fourth-order valence-corrected chi connectivity index (χ4v) is 3.60. The van der Waals surface area contributed by atoms with Gasteiger partial charge in [0.15, 0.2) is 23.1 Å². The molecule has 0 spiro atoms. The molecule has 1 heterocycles. The van der Waals surface area contributed by atoms with Crippen molar-refractivity contribution < 1.29 is 33.3 Å². The molecule has 3 aromatic rings. The Kier molecular flexibility index (Phi) is 8.54. The van der Waals surface area contributed by atoms with Crippen LogP contribution >= 0.6 is 0 Å².